The summed E-state index contributed by atoms with van der Waals surface area (Å²) in [7, 11) is 0. The lowest BCUT2D eigenvalue weighted by Crippen LogP contribution is -2.38. The lowest BCUT2D eigenvalue weighted by atomic mass is 10.1. The molecule has 1 aromatic carbocycles. The summed E-state index contributed by atoms with van der Waals surface area (Å²) in [6, 6.07) is 7.96. The van der Waals surface area contributed by atoms with Crippen molar-refractivity contribution in [1.29, 1.82) is 0 Å². The average molecular weight is 343 g/mol. The van der Waals surface area contributed by atoms with Crippen molar-refractivity contribution in [2.75, 3.05) is 13.2 Å². The molecule has 1 aliphatic rings. The van der Waals surface area contributed by atoms with Gasteiger partial charge in [-0.15, -0.1) is 5.53 Å². The standard InChI is InChI=1S/C18H21N3O4/c1-4-24-16(22)11-10-15-17(18(23)25-5-2)19-20-21(15)12-14-8-6-13(3)7-9-14/h6-9,19-20H,4-5,12H2,1-3H3. The van der Waals surface area contributed by atoms with Crippen LogP contribution in [0.15, 0.2) is 35.7 Å². The zero-order chi connectivity index (χ0) is 18.2. The number of benzene rings is 1. The number of hydrogen-bond acceptors (Lipinski definition) is 7. The Hall–Kier alpha value is -2.98. The minimum atomic E-state index is -0.652. The predicted molar refractivity (Wildman–Crippen MR) is 91.1 cm³/mol. The van der Waals surface area contributed by atoms with Crippen LogP contribution in [0.25, 0.3) is 0 Å². The fraction of sp³-hybridized carbons (Fsp3) is 0.333. The minimum absolute atomic E-state index is 0.158. The Morgan fingerprint density at radius 2 is 1.80 bits per heavy atom. The van der Waals surface area contributed by atoms with Gasteiger partial charge in [-0.05, 0) is 32.3 Å². The molecular weight excluding hydrogens is 322 g/mol. The van der Waals surface area contributed by atoms with Crippen molar-refractivity contribution in [2.24, 2.45) is 0 Å². The highest BCUT2D eigenvalue weighted by Gasteiger charge is 2.27. The smallest absolute Gasteiger partial charge is 0.384 e. The number of hydrogen-bond donors (Lipinski definition) is 2. The summed E-state index contributed by atoms with van der Waals surface area (Å²) >= 11 is 0. The number of nitrogens with zero attached hydrogens (tertiary/aromatic N) is 1. The van der Waals surface area contributed by atoms with Gasteiger partial charge in [0.2, 0.25) is 0 Å². The summed E-state index contributed by atoms with van der Waals surface area (Å²) in [5, 5.41) is 1.64. The minimum Gasteiger partial charge on any atom is -0.461 e. The molecule has 0 unspecified atom stereocenters. The molecular formula is C18H21N3O4. The van der Waals surface area contributed by atoms with Gasteiger partial charge in [0.15, 0.2) is 5.70 Å². The highest BCUT2D eigenvalue weighted by molar-refractivity contribution is 5.92. The molecule has 0 atom stereocenters. The molecule has 0 aliphatic carbocycles. The third-order valence-corrected chi connectivity index (χ3v) is 3.32. The summed E-state index contributed by atoms with van der Waals surface area (Å²) in [5.41, 5.74) is 8.28. The number of esters is 2. The molecule has 1 aromatic rings. The summed E-state index contributed by atoms with van der Waals surface area (Å²) in [4.78, 5) is 23.6. The first-order valence-electron chi connectivity index (χ1n) is 8.00. The van der Waals surface area contributed by atoms with Crippen molar-refractivity contribution in [3.63, 3.8) is 0 Å². The van der Waals surface area contributed by atoms with Gasteiger partial charge in [0, 0.05) is 5.92 Å². The lowest BCUT2D eigenvalue weighted by molar-refractivity contribution is -0.139. The van der Waals surface area contributed by atoms with Gasteiger partial charge in [-0.25, -0.2) is 9.59 Å². The van der Waals surface area contributed by atoms with E-state index in [0.29, 0.717) is 12.2 Å². The van der Waals surface area contributed by atoms with Crippen LogP contribution < -0.4 is 11.0 Å². The maximum Gasteiger partial charge on any atom is 0.384 e. The summed E-state index contributed by atoms with van der Waals surface area (Å²) in [6.07, 6.45) is 0. The van der Waals surface area contributed by atoms with Crippen LogP contribution in [0, 0.1) is 18.8 Å². The molecule has 0 fully saturated rings. The van der Waals surface area contributed by atoms with Gasteiger partial charge in [-0.2, -0.15) is 0 Å². The van der Waals surface area contributed by atoms with Crippen molar-refractivity contribution >= 4 is 11.9 Å². The fourth-order valence-electron chi connectivity index (χ4n) is 2.13. The van der Waals surface area contributed by atoms with E-state index in [4.69, 9.17) is 9.47 Å². The first kappa shape index (κ1) is 18.4. The zero-order valence-electron chi connectivity index (χ0n) is 14.5. The average Bonchev–Trinajstić information content (AvgIpc) is 2.98. The molecule has 2 rings (SSSR count). The van der Waals surface area contributed by atoms with Crippen LogP contribution in [0.5, 0.6) is 0 Å². The van der Waals surface area contributed by atoms with Crippen molar-refractivity contribution in [2.45, 2.75) is 27.3 Å². The highest BCUT2D eigenvalue weighted by atomic mass is 16.5. The Kier molecular flexibility index (Phi) is 6.43. The second kappa shape index (κ2) is 8.76. The maximum atomic E-state index is 12.1. The van der Waals surface area contributed by atoms with Gasteiger partial charge in [-0.3, -0.25) is 10.4 Å². The van der Waals surface area contributed by atoms with E-state index < -0.39 is 11.9 Å². The largest absolute Gasteiger partial charge is 0.461 e. The van der Waals surface area contributed by atoms with Gasteiger partial charge in [0.1, 0.15) is 5.70 Å². The molecule has 0 spiro atoms. The van der Waals surface area contributed by atoms with Crippen molar-refractivity contribution in [1.82, 2.24) is 16.0 Å². The molecule has 7 nitrogen and oxygen atoms in total. The van der Waals surface area contributed by atoms with Crippen LogP contribution in [0.4, 0.5) is 0 Å². The number of carbonyl (C=O) groups excluding carboxylic acids is 2. The van der Waals surface area contributed by atoms with E-state index in [-0.39, 0.29) is 18.9 Å². The molecule has 0 saturated carbocycles. The van der Waals surface area contributed by atoms with Gasteiger partial charge < -0.3 is 9.47 Å². The van der Waals surface area contributed by atoms with E-state index in [1.165, 1.54) is 0 Å². The van der Waals surface area contributed by atoms with E-state index >= 15 is 0 Å². The van der Waals surface area contributed by atoms with Crippen LogP contribution in [-0.2, 0) is 25.6 Å². The predicted octanol–water partition coefficient (Wildman–Crippen LogP) is 1.16. The molecule has 132 valence electrons. The van der Waals surface area contributed by atoms with Crippen LogP contribution in [0.3, 0.4) is 0 Å². The number of aryl methyl sites for hydroxylation is 1. The second-order valence-electron chi connectivity index (χ2n) is 5.22. The van der Waals surface area contributed by atoms with Gasteiger partial charge >= 0.3 is 11.9 Å². The summed E-state index contributed by atoms with van der Waals surface area (Å²) in [6.45, 7) is 6.35. The Balaban J connectivity index is 2.26. The molecule has 7 heteroatoms. The van der Waals surface area contributed by atoms with Gasteiger partial charge in [0.05, 0.1) is 19.8 Å². The number of rotatable bonds is 5. The van der Waals surface area contributed by atoms with E-state index in [0.717, 1.165) is 11.1 Å². The Bertz CT molecular complexity index is 729. The quantitative estimate of drug-likeness (QED) is 0.472. The van der Waals surface area contributed by atoms with Crippen LogP contribution in [0.2, 0.25) is 0 Å². The monoisotopic (exact) mass is 343 g/mol. The van der Waals surface area contributed by atoms with Crippen molar-refractivity contribution < 1.29 is 19.1 Å². The fourth-order valence-corrected chi connectivity index (χ4v) is 2.13. The Morgan fingerprint density at radius 1 is 1.12 bits per heavy atom. The highest BCUT2D eigenvalue weighted by Crippen LogP contribution is 2.16. The Morgan fingerprint density at radius 3 is 2.44 bits per heavy atom. The molecule has 0 saturated heterocycles. The SMILES string of the molecule is CCOC(=O)C#CC1=C(C(=O)OCC)NNN1Cc1ccc(C)cc1. The normalized spacial score (nSPS) is 13.0. The van der Waals surface area contributed by atoms with E-state index in [9.17, 15) is 9.59 Å². The van der Waals surface area contributed by atoms with E-state index in [1.54, 1.807) is 18.9 Å². The molecule has 0 aromatic heterocycles. The zero-order valence-corrected chi connectivity index (χ0v) is 14.5. The van der Waals surface area contributed by atoms with E-state index in [1.807, 2.05) is 31.2 Å². The van der Waals surface area contributed by atoms with Crippen molar-refractivity contribution in [3.8, 4) is 11.8 Å². The van der Waals surface area contributed by atoms with Crippen LogP contribution in [-0.4, -0.2) is 30.2 Å². The summed E-state index contributed by atoms with van der Waals surface area (Å²) < 4.78 is 9.82. The number of ether oxygens (including phenoxy) is 2. The number of allylic oxidation sites excluding steroid dienone is 1. The molecule has 1 heterocycles. The number of carbonyl (C=O) groups is 2. The van der Waals surface area contributed by atoms with Crippen molar-refractivity contribution in [3.05, 3.63) is 46.8 Å². The van der Waals surface area contributed by atoms with Crippen LogP contribution >= 0.6 is 0 Å². The molecule has 0 radical (unpaired) electrons. The second-order valence-corrected chi connectivity index (χ2v) is 5.22. The molecule has 0 bridgehead atoms. The molecule has 0 amide bonds. The summed E-state index contributed by atoms with van der Waals surface area (Å²) in [5.74, 6) is 3.87. The number of hydrazine groups is 2. The number of nitrogens with one attached hydrogen (secondary N) is 2. The molecule has 2 N–H and O–H groups in total. The van der Waals surface area contributed by atoms with Crippen LogP contribution in [0.1, 0.15) is 25.0 Å². The molecule has 25 heavy (non-hydrogen) atoms. The van der Waals surface area contributed by atoms with Gasteiger partial charge in [-0.1, -0.05) is 29.8 Å². The molecule has 1 aliphatic heterocycles. The Labute approximate surface area is 146 Å². The third-order valence-electron chi connectivity index (χ3n) is 3.32. The first-order chi connectivity index (χ1) is 12.0. The maximum absolute atomic E-state index is 12.1. The van der Waals surface area contributed by atoms with Gasteiger partial charge in [0.25, 0.3) is 0 Å². The topological polar surface area (TPSA) is 79.9 Å². The first-order valence-corrected chi connectivity index (χ1v) is 8.00. The van der Waals surface area contributed by atoms with E-state index in [2.05, 4.69) is 22.8 Å². The lowest BCUT2D eigenvalue weighted by Gasteiger charge is -2.18. The third kappa shape index (κ3) is 4.99.